The van der Waals surface area contributed by atoms with E-state index in [1.807, 2.05) is 33.8 Å². The average Bonchev–Trinajstić information content (AvgIpc) is 2.70. The summed E-state index contributed by atoms with van der Waals surface area (Å²) in [7, 11) is -9.76. The summed E-state index contributed by atoms with van der Waals surface area (Å²) in [5, 5.41) is 2.32. The van der Waals surface area contributed by atoms with Crippen LogP contribution >= 0.6 is 10.2 Å². The van der Waals surface area contributed by atoms with Crippen molar-refractivity contribution in [1.82, 2.24) is 0 Å². The maximum atomic E-state index is 12.8. The average molecular weight is 504 g/mol. The molecule has 10 heteroatoms. The van der Waals surface area contributed by atoms with Crippen LogP contribution in [0, 0.1) is 0 Å². The Morgan fingerprint density at radius 3 is 2.12 bits per heavy atom. The van der Waals surface area contributed by atoms with E-state index in [1.54, 1.807) is 24.5 Å². The van der Waals surface area contributed by atoms with E-state index >= 15 is 0 Å². The topological polar surface area (TPSA) is 47.6 Å². The summed E-state index contributed by atoms with van der Waals surface area (Å²) in [6, 6.07) is 7.05. The fourth-order valence-corrected chi connectivity index (χ4v) is 3.12. The number of anilines is 1. The molecule has 0 aromatic heterocycles. The van der Waals surface area contributed by atoms with Gasteiger partial charge in [0.25, 0.3) is 0 Å². The zero-order valence-electron chi connectivity index (χ0n) is 19.1. The second kappa shape index (κ2) is 9.54. The van der Waals surface area contributed by atoms with Crippen molar-refractivity contribution in [3.05, 3.63) is 77.6 Å². The van der Waals surface area contributed by atoms with Gasteiger partial charge in [-0.1, -0.05) is 31.1 Å². The molecule has 186 valence electrons. The van der Waals surface area contributed by atoms with Crippen LogP contribution in [-0.4, -0.2) is 12.5 Å². The quantitative estimate of drug-likeness (QED) is 0.161. The Bertz CT molecular complexity index is 1130. The van der Waals surface area contributed by atoms with Crippen molar-refractivity contribution < 1.29 is 33.7 Å². The third kappa shape index (κ3) is 8.93. The van der Waals surface area contributed by atoms with Gasteiger partial charge in [0.15, 0.2) is 11.5 Å². The Balaban J connectivity index is 2.14. The third-order valence-electron chi connectivity index (χ3n) is 4.11. The molecule has 0 heterocycles. The minimum atomic E-state index is -9.76. The zero-order valence-corrected chi connectivity index (χ0v) is 19.9. The van der Waals surface area contributed by atoms with E-state index in [0.717, 1.165) is 29.4 Å². The van der Waals surface area contributed by atoms with Crippen LogP contribution in [0.15, 0.2) is 76.9 Å². The summed E-state index contributed by atoms with van der Waals surface area (Å²) in [6.45, 7) is 7.98. The molecule has 0 atom stereocenters. The number of hydrogen-bond donors (Lipinski definition) is 1. The molecule has 2 aromatic carbocycles. The number of allylic oxidation sites excluding steroid dienone is 2. The summed E-state index contributed by atoms with van der Waals surface area (Å²) < 4.78 is 75.3. The van der Waals surface area contributed by atoms with Gasteiger partial charge < -0.3 is 14.8 Å². The molecule has 0 fully saturated rings. The molecule has 0 bridgehead atoms. The number of benzene rings is 2. The molecule has 0 saturated heterocycles. The Hall–Kier alpha value is -3.27. The van der Waals surface area contributed by atoms with Gasteiger partial charge in [-0.2, -0.15) is 0 Å². The van der Waals surface area contributed by atoms with Crippen molar-refractivity contribution in [3.8, 4) is 11.5 Å². The first-order valence-electron chi connectivity index (χ1n) is 10.1. The van der Waals surface area contributed by atoms with Crippen molar-refractivity contribution >= 4 is 27.9 Å². The molecule has 0 saturated carbocycles. The number of carbonyl (C=O) groups excluding carboxylic acids is 1. The van der Waals surface area contributed by atoms with E-state index < -0.39 is 21.0 Å². The standard InChI is InChI=1S/C24H26F5NO3S/c1-17(2)13-14-32-22-11-5-19(15-23(22)33-16-18(3)4)6-12-24(31)30-20-7-9-21(10-8-20)34(25,26,27,28)29/h5-13,15-16H,14H2,1-4H3,(H,30,31)/b12-6+. The summed E-state index contributed by atoms with van der Waals surface area (Å²) in [6.07, 6.45) is 6.09. The second-order valence-electron chi connectivity index (χ2n) is 7.93. The normalized spacial score (nSPS) is 13.4. The molecule has 4 nitrogen and oxygen atoms in total. The van der Waals surface area contributed by atoms with Gasteiger partial charge in [0.1, 0.15) is 11.5 Å². The van der Waals surface area contributed by atoms with Gasteiger partial charge in [-0.3, -0.25) is 4.79 Å². The van der Waals surface area contributed by atoms with Crippen LogP contribution in [0.25, 0.3) is 6.08 Å². The lowest BCUT2D eigenvalue weighted by molar-refractivity contribution is -0.111. The number of ether oxygens (including phenoxy) is 2. The number of carbonyl (C=O) groups is 1. The van der Waals surface area contributed by atoms with E-state index in [9.17, 15) is 24.2 Å². The number of halogens is 5. The fourth-order valence-electron chi connectivity index (χ4n) is 2.47. The molecule has 0 aliphatic carbocycles. The summed E-state index contributed by atoms with van der Waals surface area (Å²) in [5.41, 5.74) is 2.56. The molecular formula is C24H26F5NO3S. The van der Waals surface area contributed by atoms with Crippen molar-refractivity contribution in [3.63, 3.8) is 0 Å². The molecule has 2 rings (SSSR count). The highest BCUT2D eigenvalue weighted by Gasteiger charge is 2.65. The Morgan fingerprint density at radius 2 is 1.56 bits per heavy atom. The van der Waals surface area contributed by atoms with Gasteiger partial charge in [-0.15, -0.1) is 0 Å². The fraction of sp³-hybridized carbons (Fsp3) is 0.208. The van der Waals surface area contributed by atoms with Gasteiger partial charge >= 0.3 is 10.2 Å². The minimum absolute atomic E-state index is 0.0594. The molecule has 0 aliphatic rings. The summed E-state index contributed by atoms with van der Waals surface area (Å²) >= 11 is 0. The number of hydrogen-bond acceptors (Lipinski definition) is 3. The lowest BCUT2D eigenvalue weighted by Crippen LogP contribution is -2.09. The van der Waals surface area contributed by atoms with Crippen LogP contribution in [-0.2, 0) is 4.79 Å². The molecule has 0 radical (unpaired) electrons. The van der Waals surface area contributed by atoms with E-state index in [1.165, 1.54) is 6.08 Å². The van der Waals surface area contributed by atoms with E-state index in [4.69, 9.17) is 9.47 Å². The molecule has 0 aliphatic heterocycles. The minimum Gasteiger partial charge on any atom is -0.486 e. The zero-order chi connectivity index (χ0) is 25.6. The predicted molar refractivity (Wildman–Crippen MR) is 127 cm³/mol. The summed E-state index contributed by atoms with van der Waals surface area (Å²) in [5.74, 6) is 0.272. The highest BCUT2D eigenvalue weighted by atomic mass is 32.5. The first-order valence-corrected chi connectivity index (χ1v) is 12.0. The maximum absolute atomic E-state index is 12.8. The maximum Gasteiger partial charge on any atom is 0.310 e. The van der Waals surface area contributed by atoms with Crippen LogP contribution in [0.1, 0.15) is 33.3 Å². The van der Waals surface area contributed by atoms with Gasteiger partial charge in [-0.05, 0) is 87.4 Å². The van der Waals surface area contributed by atoms with Crippen LogP contribution in [0.2, 0.25) is 0 Å². The largest absolute Gasteiger partial charge is 0.486 e. The van der Waals surface area contributed by atoms with Crippen molar-refractivity contribution in [2.75, 3.05) is 11.9 Å². The van der Waals surface area contributed by atoms with Crippen molar-refractivity contribution in [1.29, 1.82) is 0 Å². The summed E-state index contributed by atoms with van der Waals surface area (Å²) in [4.78, 5) is 10.1. The SMILES string of the molecule is CC(C)=CCOc1ccc(/C=C/C(=O)Nc2ccc(S(F)(F)(F)(F)F)cc2)cc1OC=C(C)C. The smallest absolute Gasteiger partial charge is 0.310 e. The van der Waals surface area contributed by atoms with Gasteiger partial charge in [-0.25, -0.2) is 0 Å². The second-order valence-corrected chi connectivity index (χ2v) is 10.3. The van der Waals surface area contributed by atoms with E-state index in [2.05, 4.69) is 5.32 Å². The highest BCUT2D eigenvalue weighted by molar-refractivity contribution is 8.45. The van der Waals surface area contributed by atoms with E-state index in [0.29, 0.717) is 23.7 Å². The molecule has 0 unspecified atom stereocenters. The van der Waals surface area contributed by atoms with Crippen LogP contribution in [0.3, 0.4) is 0 Å². The third-order valence-corrected chi connectivity index (χ3v) is 5.28. The van der Waals surface area contributed by atoms with Crippen LogP contribution in [0.5, 0.6) is 11.5 Å². The lowest BCUT2D eigenvalue weighted by Gasteiger charge is -2.40. The van der Waals surface area contributed by atoms with Crippen molar-refractivity contribution in [2.24, 2.45) is 0 Å². The Morgan fingerprint density at radius 1 is 0.912 bits per heavy atom. The van der Waals surface area contributed by atoms with Gasteiger partial charge in [0, 0.05) is 11.8 Å². The molecule has 1 N–H and O–H groups in total. The Labute approximate surface area is 195 Å². The highest BCUT2D eigenvalue weighted by Crippen LogP contribution is 3.02. The number of amides is 1. The number of nitrogens with one attached hydrogen (secondary N) is 1. The Kier molecular flexibility index (Phi) is 7.57. The van der Waals surface area contributed by atoms with E-state index in [-0.39, 0.29) is 17.8 Å². The van der Waals surface area contributed by atoms with Gasteiger partial charge in [0.2, 0.25) is 5.91 Å². The molecular weight excluding hydrogens is 477 g/mol. The van der Waals surface area contributed by atoms with Crippen molar-refractivity contribution in [2.45, 2.75) is 32.6 Å². The number of rotatable bonds is 9. The van der Waals surface area contributed by atoms with Crippen LogP contribution < -0.4 is 14.8 Å². The lowest BCUT2D eigenvalue weighted by atomic mass is 10.2. The predicted octanol–water partition coefficient (Wildman–Crippen LogP) is 8.64. The first-order chi connectivity index (χ1) is 15.5. The molecule has 1 amide bonds. The molecule has 0 spiro atoms. The first kappa shape index (κ1) is 27.0. The molecule has 2 aromatic rings. The van der Waals surface area contributed by atoms with Crippen LogP contribution in [0.4, 0.5) is 25.1 Å². The monoisotopic (exact) mass is 503 g/mol. The molecule has 34 heavy (non-hydrogen) atoms. The van der Waals surface area contributed by atoms with Gasteiger partial charge in [0.05, 0.1) is 6.26 Å².